The minimum Gasteiger partial charge on any atom is -0.298 e. The number of carbonyl (C=O) groups is 1. The van der Waals surface area contributed by atoms with E-state index >= 15 is 0 Å². The highest BCUT2D eigenvalue weighted by atomic mass is 35.5. The van der Waals surface area contributed by atoms with Crippen LogP contribution in [0.4, 0.5) is 0 Å². The molecule has 0 amide bonds. The van der Waals surface area contributed by atoms with Crippen LogP contribution in [0.3, 0.4) is 0 Å². The van der Waals surface area contributed by atoms with Crippen molar-refractivity contribution < 1.29 is 4.79 Å². The van der Waals surface area contributed by atoms with E-state index in [2.05, 4.69) is 6.92 Å². The predicted molar refractivity (Wildman–Crippen MR) is 67.1 cm³/mol. The molecule has 0 saturated carbocycles. The molecule has 3 heteroatoms. The van der Waals surface area contributed by atoms with Crippen molar-refractivity contribution in [3.63, 3.8) is 0 Å². The van der Waals surface area contributed by atoms with E-state index in [1.165, 1.54) is 19.3 Å². The predicted octanol–water partition coefficient (Wildman–Crippen LogP) is 4.43. The molecule has 0 unspecified atom stereocenters. The number of aldehydes is 1. The van der Waals surface area contributed by atoms with E-state index in [9.17, 15) is 4.79 Å². The quantitative estimate of drug-likeness (QED) is 0.417. The van der Waals surface area contributed by atoms with Crippen LogP contribution in [0.5, 0.6) is 0 Å². The number of hydrogen-bond acceptors (Lipinski definition) is 2. The second kappa shape index (κ2) is 6.91. The normalized spacial score (nSPS) is 10.3. The summed E-state index contributed by atoms with van der Waals surface area (Å²) in [6.45, 7) is 2.18. The molecule has 1 nitrogen and oxygen atoms in total. The largest absolute Gasteiger partial charge is 0.298 e. The second-order valence-corrected chi connectivity index (χ2v) is 4.93. The van der Waals surface area contributed by atoms with Crippen LogP contribution in [0.25, 0.3) is 0 Å². The number of halogens is 1. The van der Waals surface area contributed by atoms with E-state index in [0.29, 0.717) is 5.02 Å². The van der Waals surface area contributed by atoms with Crippen molar-refractivity contribution in [3.8, 4) is 0 Å². The van der Waals surface area contributed by atoms with Gasteiger partial charge in [-0.3, -0.25) is 4.79 Å². The number of rotatable bonds is 6. The number of hydrogen-bond donors (Lipinski definition) is 0. The fourth-order valence-corrected chi connectivity index (χ4v) is 2.56. The van der Waals surface area contributed by atoms with E-state index in [0.717, 1.165) is 22.5 Å². The maximum atomic E-state index is 10.8. The molecular weight excluding hydrogens is 228 g/mol. The molecule has 0 aromatic heterocycles. The molecule has 15 heavy (non-hydrogen) atoms. The lowest BCUT2D eigenvalue weighted by Gasteiger charge is -2.04. The zero-order valence-electron chi connectivity index (χ0n) is 8.83. The fraction of sp³-hybridized carbons (Fsp3) is 0.417. The van der Waals surface area contributed by atoms with Crippen molar-refractivity contribution in [2.24, 2.45) is 0 Å². The highest BCUT2D eigenvalue weighted by Crippen LogP contribution is 2.26. The lowest BCUT2D eigenvalue weighted by molar-refractivity contribution is 0.112. The van der Waals surface area contributed by atoms with Crippen molar-refractivity contribution in [1.29, 1.82) is 0 Å². The molecule has 1 aromatic carbocycles. The summed E-state index contributed by atoms with van der Waals surface area (Å²) in [4.78, 5) is 11.8. The lowest BCUT2D eigenvalue weighted by Crippen LogP contribution is -1.87. The maximum absolute atomic E-state index is 10.8. The Morgan fingerprint density at radius 3 is 2.87 bits per heavy atom. The van der Waals surface area contributed by atoms with Crippen molar-refractivity contribution in [2.75, 3.05) is 5.75 Å². The SMILES string of the molecule is CCCCCSc1cc(Cl)ccc1C=O. The summed E-state index contributed by atoms with van der Waals surface area (Å²) < 4.78 is 0. The van der Waals surface area contributed by atoms with Crippen LogP contribution in [0.15, 0.2) is 23.1 Å². The van der Waals surface area contributed by atoms with E-state index in [1.54, 1.807) is 23.9 Å². The van der Waals surface area contributed by atoms with E-state index in [-0.39, 0.29) is 0 Å². The monoisotopic (exact) mass is 242 g/mol. The van der Waals surface area contributed by atoms with Gasteiger partial charge in [0.15, 0.2) is 6.29 Å². The maximum Gasteiger partial charge on any atom is 0.151 e. The van der Waals surface area contributed by atoms with Crippen LogP contribution >= 0.6 is 23.4 Å². The Morgan fingerprint density at radius 2 is 2.20 bits per heavy atom. The minimum atomic E-state index is 0.693. The molecule has 0 bridgehead atoms. The zero-order valence-corrected chi connectivity index (χ0v) is 10.4. The third-order valence-electron chi connectivity index (χ3n) is 2.11. The average molecular weight is 243 g/mol. The van der Waals surface area contributed by atoms with Gasteiger partial charge in [-0.2, -0.15) is 0 Å². The summed E-state index contributed by atoms with van der Waals surface area (Å²) in [5.74, 6) is 1.05. The van der Waals surface area contributed by atoms with Gasteiger partial charge in [0.1, 0.15) is 0 Å². The Labute approximate surface area is 100 Å². The average Bonchev–Trinajstić information content (AvgIpc) is 2.25. The molecule has 0 aliphatic heterocycles. The van der Waals surface area contributed by atoms with E-state index in [1.807, 2.05) is 6.07 Å². The molecular formula is C12H15ClOS. The van der Waals surface area contributed by atoms with E-state index in [4.69, 9.17) is 11.6 Å². The second-order valence-electron chi connectivity index (χ2n) is 3.36. The van der Waals surface area contributed by atoms with Crippen LogP contribution in [-0.4, -0.2) is 12.0 Å². The first-order chi connectivity index (χ1) is 7.27. The third kappa shape index (κ3) is 4.27. The molecule has 0 saturated heterocycles. The Hall–Kier alpha value is -0.470. The van der Waals surface area contributed by atoms with E-state index < -0.39 is 0 Å². The van der Waals surface area contributed by atoms with Crippen LogP contribution in [0, 0.1) is 0 Å². The summed E-state index contributed by atoms with van der Waals surface area (Å²) in [5, 5.41) is 0.693. The molecule has 0 fully saturated rings. The Bertz CT molecular complexity index is 325. The first-order valence-electron chi connectivity index (χ1n) is 5.15. The molecule has 1 aromatic rings. The van der Waals surface area contributed by atoms with Gasteiger partial charge in [0.2, 0.25) is 0 Å². The van der Waals surface area contributed by atoms with Gasteiger partial charge < -0.3 is 0 Å². The topological polar surface area (TPSA) is 17.1 Å². The Kier molecular flexibility index (Phi) is 5.81. The van der Waals surface area contributed by atoms with Gasteiger partial charge in [0, 0.05) is 15.5 Å². The standard InChI is InChI=1S/C12H15ClOS/c1-2-3-4-7-15-12-8-11(13)6-5-10(12)9-14/h5-6,8-9H,2-4,7H2,1H3. The molecule has 82 valence electrons. The smallest absolute Gasteiger partial charge is 0.151 e. The molecule has 0 N–H and O–H groups in total. The number of unbranched alkanes of at least 4 members (excludes halogenated alkanes) is 2. The summed E-state index contributed by atoms with van der Waals surface area (Å²) in [6.07, 6.45) is 4.53. The summed E-state index contributed by atoms with van der Waals surface area (Å²) in [6, 6.07) is 5.39. The fourth-order valence-electron chi connectivity index (χ4n) is 1.26. The molecule has 0 spiro atoms. The van der Waals surface area contributed by atoms with Crippen LogP contribution in [-0.2, 0) is 0 Å². The van der Waals surface area contributed by atoms with Crippen molar-refractivity contribution in [2.45, 2.75) is 31.1 Å². The van der Waals surface area contributed by atoms with Crippen LogP contribution in [0.1, 0.15) is 36.5 Å². The first kappa shape index (κ1) is 12.6. The third-order valence-corrected chi connectivity index (χ3v) is 3.50. The van der Waals surface area contributed by atoms with Crippen LogP contribution < -0.4 is 0 Å². The number of carbonyl (C=O) groups excluding carboxylic acids is 1. The van der Waals surface area contributed by atoms with Crippen molar-refractivity contribution in [3.05, 3.63) is 28.8 Å². The van der Waals surface area contributed by atoms with Gasteiger partial charge in [-0.05, 0) is 30.4 Å². The van der Waals surface area contributed by atoms with Crippen molar-refractivity contribution >= 4 is 29.6 Å². The molecule has 0 aliphatic rings. The van der Waals surface area contributed by atoms with Crippen molar-refractivity contribution in [1.82, 2.24) is 0 Å². The van der Waals surface area contributed by atoms with Crippen LogP contribution in [0.2, 0.25) is 5.02 Å². The highest BCUT2D eigenvalue weighted by molar-refractivity contribution is 7.99. The first-order valence-corrected chi connectivity index (χ1v) is 6.51. The summed E-state index contributed by atoms with van der Waals surface area (Å²) in [5.41, 5.74) is 0.737. The van der Waals surface area contributed by atoms with Gasteiger partial charge in [0.05, 0.1) is 0 Å². The summed E-state index contributed by atoms with van der Waals surface area (Å²) in [7, 11) is 0. The number of thioether (sulfide) groups is 1. The Balaban J connectivity index is 2.58. The molecule has 0 heterocycles. The molecule has 0 radical (unpaired) electrons. The lowest BCUT2D eigenvalue weighted by atomic mass is 10.2. The zero-order chi connectivity index (χ0) is 11.1. The van der Waals surface area contributed by atoms with Gasteiger partial charge >= 0.3 is 0 Å². The highest BCUT2D eigenvalue weighted by Gasteiger charge is 2.02. The van der Waals surface area contributed by atoms with Gasteiger partial charge in [-0.1, -0.05) is 31.4 Å². The molecule has 1 rings (SSSR count). The minimum absolute atomic E-state index is 0.693. The van der Waals surface area contributed by atoms with Gasteiger partial charge in [0.25, 0.3) is 0 Å². The molecule has 0 atom stereocenters. The summed E-state index contributed by atoms with van der Waals surface area (Å²) >= 11 is 7.59. The Morgan fingerprint density at radius 1 is 1.40 bits per heavy atom. The molecule has 0 aliphatic carbocycles. The van der Waals surface area contributed by atoms with Gasteiger partial charge in [-0.15, -0.1) is 11.8 Å². The van der Waals surface area contributed by atoms with Gasteiger partial charge in [-0.25, -0.2) is 0 Å². The number of benzene rings is 1.